The molecule has 4 heteroatoms. The molecule has 9 rings (SSSR count). The fourth-order valence-corrected chi connectivity index (χ4v) is 8.04. The van der Waals surface area contributed by atoms with Gasteiger partial charge in [-0.25, -0.2) is 0 Å². The maximum absolute atomic E-state index is 6.79. The van der Waals surface area contributed by atoms with Gasteiger partial charge in [-0.15, -0.1) is 0 Å². The zero-order chi connectivity index (χ0) is 28.3. The molecule has 0 fully saturated rings. The third-order valence-corrected chi connectivity index (χ3v) is 9.98. The van der Waals surface area contributed by atoms with Crippen LogP contribution in [-0.2, 0) is 19.3 Å². The summed E-state index contributed by atoms with van der Waals surface area (Å²) >= 11 is 0. The van der Waals surface area contributed by atoms with Gasteiger partial charge < -0.3 is 13.6 Å². The van der Waals surface area contributed by atoms with Crippen LogP contribution in [0.3, 0.4) is 0 Å². The minimum absolute atomic E-state index is 0.812. The van der Waals surface area contributed by atoms with Gasteiger partial charge >= 0.3 is 8.60 Å². The van der Waals surface area contributed by atoms with Crippen LogP contribution in [0.1, 0.15) is 33.4 Å². The van der Waals surface area contributed by atoms with Crippen molar-refractivity contribution in [1.82, 2.24) is 0 Å². The van der Waals surface area contributed by atoms with Gasteiger partial charge in [0.2, 0.25) is 0 Å². The second kappa shape index (κ2) is 9.87. The molecule has 0 atom stereocenters. The summed E-state index contributed by atoms with van der Waals surface area (Å²) in [5.41, 5.74) is 15.0. The Bertz CT molecular complexity index is 1830. The van der Waals surface area contributed by atoms with E-state index in [4.69, 9.17) is 13.6 Å². The van der Waals surface area contributed by atoms with Crippen molar-refractivity contribution in [3.63, 3.8) is 0 Å². The molecule has 0 bridgehead atoms. The summed E-state index contributed by atoms with van der Waals surface area (Å²) in [4.78, 5) is 0. The number of hydrogen-bond acceptors (Lipinski definition) is 3. The summed E-state index contributed by atoms with van der Waals surface area (Å²) in [6, 6.07) is 44.7. The van der Waals surface area contributed by atoms with Crippen LogP contribution >= 0.6 is 8.60 Å². The van der Waals surface area contributed by atoms with Gasteiger partial charge in [0, 0.05) is 36.0 Å². The highest BCUT2D eigenvalue weighted by Gasteiger charge is 2.31. The number of fused-ring (bicyclic) bond motifs is 9. The number of benzene rings is 6. The van der Waals surface area contributed by atoms with Crippen molar-refractivity contribution in [3.05, 3.63) is 161 Å². The lowest BCUT2D eigenvalue weighted by Gasteiger charge is -2.22. The number of hydrogen-bond donors (Lipinski definition) is 0. The minimum Gasteiger partial charge on any atom is -0.408 e. The van der Waals surface area contributed by atoms with E-state index in [1.807, 2.05) is 18.2 Å². The molecule has 0 saturated heterocycles. The normalized spacial score (nSPS) is 13.0. The lowest BCUT2D eigenvalue weighted by molar-refractivity contribution is 0.384. The Hall–Kier alpha value is -4.85. The maximum atomic E-state index is 6.79. The second-order valence-corrected chi connectivity index (χ2v) is 12.3. The molecule has 206 valence electrons. The third-order valence-electron chi connectivity index (χ3n) is 8.94. The van der Waals surface area contributed by atoms with Crippen LogP contribution in [0.25, 0.3) is 33.4 Å². The molecular formula is C39H27O3P. The molecule has 0 aromatic heterocycles. The van der Waals surface area contributed by atoms with Crippen LogP contribution in [0.15, 0.2) is 127 Å². The van der Waals surface area contributed by atoms with Gasteiger partial charge in [-0.2, -0.15) is 0 Å². The number of rotatable bonds is 6. The predicted octanol–water partition coefficient (Wildman–Crippen LogP) is 10.2. The summed E-state index contributed by atoms with van der Waals surface area (Å²) in [5.74, 6) is 2.43. The Labute approximate surface area is 252 Å². The van der Waals surface area contributed by atoms with E-state index >= 15 is 0 Å². The van der Waals surface area contributed by atoms with E-state index in [0.29, 0.717) is 0 Å². The molecule has 0 N–H and O–H groups in total. The van der Waals surface area contributed by atoms with Gasteiger partial charge in [-0.3, -0.25) is 0 Å². The molecule has 3 aliphatic rings. The van der Waals surface area contributed by atoms with Crippen LogP contribution in [0, 0.1) is 0 Å². The molecule has 0 radical (unpaired) electrons. The van der Waals surface area contributed by atoms with Gasteiger partial charge in [0.15, 0.2) is 0 Å². The summed E-state index contributed by atoms with van der Waals surface area (Å²) in [6.45, 7) is 0. The summed E-state index contributed by atoms with van der Waals surface area (Å²) in [7, 11) is -1.84. The van der Waals surface area contributed by atoms with Crippen LogP contribution in [0.2, 0.25) is 0 Å². The highest BCUT2D eigenvalue weighted by molar-refractivity contribution is 7.43. The van der Waals surface area contributed by atoms with Gasteiger partial charge in [-0.1, -0.05) is 109 Å². The average molecular weight is 575 g/mol. The molecule has 0 amide bonds. The Morgan fingerprint density at radius 3 is 0.977 bits per heavy atom. The quantitative estimate of drug-likeness (QED) is 0.185. The molecule has 6 aromatic rings. The Morgan fingerprint density at radius 1 is 0.326 bits per heavy atom. The van der Waals surface area contributed by atoms with E-state index in [1.54, 1.807) is 0 Å². The fraction of sp³-hybridized carbons (Fsp3) is 0.0769. The van der Waals surface area contributed by atoms with Gasteiger partial charge in [-0.05, 0) is 68.3 Å². The van der Waals surface area contributed by atoms with Crippen LogP contribution in [-0.4, -0.2) is 0 Å². The maximum Gasteiger partial charge on any atom is 0.530 e. The topological polar surface area (TPSA) is 27.7 Å². The fourth-order valence-electron chi connectivity index (χ4n) is 6.94. The third kappa shape index (κ3) is 4.07. The van der Waals surface area contributed by atoms with E-state index in [1.165, 1.54) is 66.8 Å². The highest BCUT2D eigenvalue weighted by Crippen LogP contribution is 2.52. The monoisotopic (exact) mass is 574 g/mol. The van der Waals surface area contributed by atoms with Crippen LogP contribution in [0.5, 0.6) is 17.2 Å². The standard InChI is InChI=1S/C39H27O3P/c1-4-13-28-25(10-1)22-34-31(28)16-7-19-37(34)40-43(41-38-20-8-17-32-29-14-5-2-11-26(29)23-35(32)38)42-39-21-9-18-33-30-15-6-3-12-27(30)24-36(33)39/h1-21H,22-24H2. The summed E-state index contributed by atoms with van der Waals surface area (Å²) in [5, 5.41) is 0. The molecule has 0 saturated carbocycles. The Balaban J connectivity index is 1.10. The van der Waals surface area contributed by atoms with Crippen LogP contribution in [0.4, 0.5) is 0 Å². The van der Waals surface area contributed by atoms with Crippen molar-refractivity contribution in [2.24, 2.45) is 0 Å². The van der Waals surface area contributed by atoms with Crippen molar-refractivity contribution in [2.45, 2.75) is 19.3 Å². The van der Waals surface area contributed by atoms with Gasteiger partial charge in [0.1, 0.15) is 17.2 Å². The molecule has 43 heavy (non-hydrogen) atoms. The van der Waals surface area contributed by atoms with E-state index in [0.717, 1.165) is 36.5 Å². The molecule has 0 aliphatic heterocycles. The zero-order valence-electron chi connectivity index (χ0n) is 23.4. The van der Waals surface area contributed by atoms with E-state index < -0.39 is 8.60 Å². The van der Waals surface area contributed by atoms with Gasteiger partial charge in [0.25, 0.3) is 0 Å². The van der Waals surface area contributed by atoms with E-state index in [9.17, 15) is 0 Å². The van der Waals surface area contributed by atoms with E-state index in [2.05, 4.69) is 109 Å². The first-order chi connectivity index (χ1) is 21.3. The highest BCUT2D eigenvalue weighted by atomic mass is 31.2. The molecular weight excluding hydrogens is 547 g/mol. The van der Waals surface area contributed by atoms with Crippen LogP contribution < -0.4 is 13.6 Å². The predicted molar refractivity (Wildman–Crippen MR) is 173 cm³/mol. The first-order valence-corrected chi connectivity index (χ1v) is 15.8. The molecule has 6 aromatic carbocycles. The summed E-state index contributed by atoms with van der Waals surface area (Å²) in [6.07, 6.45) is 2.49. The Morgan fingerprint density at radius 2 is 0.628 bits per heavy atom. The lowest BCUT2D eigenvalue weighted by atomic mass is 10.1. The van der Waals surface area contributed by atoms with E-state index in [-0.39, 0.29) is 0 Å². The molecule has 3 aliphatic carbocycles. The SMILES string of the molecule is c1ccc2c(c1)Cc1c(OP(Oc3cccc4c3Cc3ccccc3-4)Oc3cccc4c3Cc3ccccc3-4)cccc1-2. The smallest absolute Gasteiger partial charge is 0.408 e. The molecule has 0 spiro atoms. The van der Waals surface area contributed by atoms with Crippen molar-refractivity contribution in [2.75, 3.05) is 0 Å². The van der Waals surface area contributed by atoms with Crippen molar-refractivity contribution >= 4 is 8.60 Å². The molecule has 0 unspecified atom stereocenters. The minimum atomic E-state index is -1.84. The Kier molecular flexibility index (Phi) is 5.67. The summed E-state index contributed by atoms with van der Waals surface area (Å²) < 4.78 is 20.4. The van der Waals surface area contributed by atoms with Crippen molar-refractivity contribution in [1.29, 1.82) is 0 Å². The molecule has 3 nitrogen and oxygen atoms in total. The molecule has 0 heterocycles. The zero-order valence-corrected chi connectivity index (χ0v) is 24.3. The first-order valence-electron chi connectivity index (χ1n) is 14.7. The second-order valence-electron chi connectivity index (χ2n) is 11.3. The lowest BCUT2D eigenvalue weighted by Crippen LogP contribution is -2.06. The van der Waals surface area contributed by atoms with Gasteiger partial charge in [0.05, 0.1) is 0 Å². The average Bonchev–Trinajstić information content (AvgIpc) is 3.74. The van der Waals surface area contributed by atoms with Crippen molar-refractivity contribution in [3.8, 4) is 50.6 Å². The first kappa shape index (κ1) is 24.7. The largest absolute Gasteiger partial charge is 0.530 e. The van der Waals surface area contributed by atoms with Crippen molar-refractivity contribution < 1.29 is 13.6 Å².